The van der Waals surface area contributed by atoms with E-state index in [4.69, 9.17) is 4.74 Å². The van der Waals surface area contributed by atoms with Crippen molar-refractivity contribution in [1.29, 1.82) is 0 Å². The van der Waals surface area contributed by atoms with Crippen LogP contribution in [-0.4, -0.2) is 82.0 Å². The lowest BCUT2D eigenvalue weighted by atomic mass is 10.1. The predicted octanol–water partition coefficient (Wildman–Crippen LogP) is 5.35. The van der Waals surface area contributed by atoms with Gasteiger partial charge in [-0.15, -0.1) is 0 Å². The number of carbonyl (C=O) groups excluding carboxylic acids is 1. The number of amides is 1. The number of alkyl halides is 6. The van der Waals surface area contributed by atoms with Crippen molar-refractivity contribution >= 4 is 25.6 Å². The molecule has 18 heteroatoms. The number of aromatic nitrogens is 5. The van der Waals surface area contributed by atoms with Crippen LogP contribution in [0.3, 0.4) is 0 Å². The molecule has 2 fully saturated rings. The van der Waals surface area contributed by atoms with Gasteiger partial charge in [0, 0.05) is 71.7 Å². The van der Waals surface area contributed by atoms with E-state index in [0.717, 1.165) is 24.6 Å². The number of hydrogen-bond acceptors (Lipinski definition) is 8. The summed E-state index contributed by atoms with van der Waals surface area (Å²) in [7, 11) is -1.43. The van der Waals surface area contributed by atoms with E-state index in [1.165, 1.54) is 0 Å². The van der Waals surface area contributed by atoms with Gasteiger partial charge < -0.3 is 24.4 Å². The van der Waals surface area contributed by atoms with Gasteiger partial charge in [0.1, 0.15) is 12.3 Å². The van der Waals surface area contributed by atoms with E-state index in [-0.39, 0.29) is 24.6 Å². The zero-order chi connectivity index (χ0) is 34.9. The smallest absolute Gasteiger partial charge is 0.378 e. The van der Waals surface area contributed by atoms with E-state index < -0.39 is 48.8 Å². The van der Waals surface area contributed by atoms with Crippen LogP contribution in [0.25, 0.3) is 0 Å². The fourth-order valence-corrected chi connectivity index (χ4v) is 6.58. The van der Waals surface area contributed by atoms with Gasteiger partial charge in [-0.1, -0.05) is 19.6 Å². The van der Waals surface area contributed by atoms with Crippen LogP contribution < -0.4 is 15.8 Å². The summed E-state index contributed by atoms with van der Waals surface area (Å²) in [4.78, 5) is 37.2. The summed E-state index contributed by atoms with van der Waals surface area (Å²) in [6.07, 6.45) is -1.71. The Labute approximate surface area is 273 Å². The van der Waals surface area contributed by atoms with E-state index in [1.807, 2.05) is 0 Å². The van der Waals surface area contributed by atoms with Gasteiger partial charge in [-0.25, -0.2) is 14.6 Å². The Hall–Kier alpha value is -3.93. The number of hydrogen-bond donors (Lipinski definition) is 1. The summed E-state index contributed by atoms with van der Waals surface area (Å²) >= 11 is 0. The lowest BCUT2D eigenvalue weighted by Gasteiger charge is -2.34. The molecular weight excluding hydrogens is 662 g/mol. The van der Waals surface area contributed by atoms with Crippen LogP contribution in [0.15, 0.2) is 41.8 Å². The van der Waals surface area contributed by atoms with Gasteiger partial charge in [0.05, 0.1) is 29.1 Å². The number of rotatable bonds is 10. The number of nitrogens with one attached hydrogen (secondary N) is 1. The van der Waals surface area contributed by atoms with Gasteiger partial charge in [-0.2, -0.15) is 31.4 Å². The van der Waals surface area contributed by atoms with E-state index in [9.17, 15) is 35.9 Å². The highest BCUT2D eigenvalue weighted by Crippen LogP contribution is 2.37. The summed E-state index contributed by atoms with van der Waals surface area (Å²) in [5.41, 5.74) is -3.56. The number of anilines is 2. The lowest BCUT2D eigenvalue weighted by molar-refractivity contribution is -0.139. The largest absolute Gasteiger partial charge is 0.423 e. The molecule has 1 saturated heterocycles. The molecule has 48 heavy (non-hydrogen) atoms. The summed E-state index contributed by atoms with van der Waals surface area (Å²) < 4.78 is 89.0. The summed E-state index contributed by atoms with van der Waals surface area (Å²) in [6, 6.07) is 1.70. The van der Waals surface area contributed by atoms with Crippen LogP contribution in [0, 0.1) is 0 Å². The van der Waals surface area contributed by atoms with Crippen LogP contribution in [-0.2, 0) is 23.8 Å². The van der Waals surface area contributed by atoms with E-state index in [0.29, 0.717) is 62.3 Å². The number of ether oxygens (including phenoxy) is 1. The maximum Gasteiger partial charge on any atom is 0.423 e. The molecule has 2 unspecified atom stereocenters. The molecule has 0 bridgehead atoms. The third-order valence-corrected chi connectivity index (χ3v) is 10.2. The maximum atomic E-state index is 14.2. The average molecular weight is 701 g/mol. The van der Waals surface area contributed by atoms with Crippen LogP contribution in [0.4, 0.5) is 38.0 Å². The van der Waals surface area contributed by atoms with Crippen LogP contribution in [0.5, 0.6) is 0 Å². The van der Waals surface area contributed by atoms with E-state index in [2.05, 4.69) is 40.0 Å². The molecule has 1 aliphatic heterocycles. The van der Waals surface area contributed by atoms with Gasteiger partial charge in [0.2, 0.25) is 5.95 Å². The standard InChI is InChI=1S/C30H38F6N8O3Si/c1-48(2,3)14-13-47-19-44-27(46)25(30(34,35)36)23(17-39-44)40-22-5-4-6-24(22)43-8-7-20(18-43)26(45)41-9-11-42(12-10-41)28-37-15-21(16-38-28)29(31,32)33/h7-8,15-18,22,24,40H,4-6,9-14,19H2,1-3H3. The highest BCUT2D eigenvalue weighted by atomic mass is 28.3. The Kier molecular flexibility index (Phi) is 10.2. The molecule has 4 heterocycles. The molecule has 1 amide bonds. The number of halogens is 6. The molecular formula is C30H38F6N8O3Si. The van der Waals surface area contributed by atoms with Gasteiger partial charge in [0.25, 0.3) is 11.5 Å². The summed E-state index contributed by atoms with van der Waals surface area (Å²) in [6.45, 7) is 7.61. The first-order valence-electron chi connectivity index (χ1n) is 15.6. The first-order valence-corrected chi connectivity index (χ1v) is 19.3. The molecule has 0 spiro atoms. The molecule has 11 nitrogen and oxygen atoms in total. The monoisotopic (exact) mass is 700 g/mol. The van der Waals surface area contributed by atoms with Crippen molar-refractivity contribution in [3.05, 3.63) is 64.1 Å². The molecule has 2 atom stereocenters. The van der Waals surface area contributed by atoms with Crippen LogP contribution in [0.1, 0.15) is 46.8 Å². The Morgan fingerprint density at radius 1 is 1.00 bits per heavy atom. The molecule has 0 aromatic carbocycles. The van der Waals surface area contributed by atoms with Gasteiger partial charge >= 0.3 is 12.4 Å². The zero-order valence-corrected chi connectivity index (χ0v) is 27.8. The lowest BCUT2D eigenvalue weighted by Crippen LogP contribution is -2.49. The molecule has 1 aliphatic carbocycles. The predicted molar refractivity (Wildman–Crippen MR) is 167 cm³/mol. The SMILES string of the molecule is C[Si](C)(C)CCOCn1ncc(NC2CCCC2n2ccc(C(=O)N3CCN(c4ncc(C(F)(F)F)cn4)CC3)c2)c(C(F)(F)F)c1=O. The minimum Gasteiger partial charge on any atom is -0.378 e. The number of piperazine rings is 1. The maximum absolute atomic E-state index is 14.2. The zero-order valence-electron chi connectivity index (χ0n) is 26.8. The Morgan fingerprint density at radius 2 is 1.69 bits per heavy atom. The minimum absolute atomic E-state index is 0.146. The second kappa shape index (κ2) is 13.9. The Bertz CT molecular complexity index is 1630. The van der Waals surface area contributed by atoms with Crippen LogP contribution >= 0.6 is 0 Å². The van der Waals surface area contributed by atoms with Gasteiger partial charge in [-0.3, -0.25) is 9.59 Å². The molecule has 3 aromatic heterocycles. The first-order chi connectivity index (χ1) is 22.5. The van der Waals surface area contributed by atoms with Crippen molar-refractivity contribution in [2.45, 2.75) is 76.1 Å². The molecule has 5 rings (SSSR count). The average Bonchev–Trinajstić information content (AvgIpc) is 3.68. The summed E-state index contributed by atoms with van der Waals surface area (Å²) in [5.74, 6) is -0.100. The molecule has 0 radical (unpaired) electrons. The topological polar surface area (TPSA) is 110 Å². The minimum atomic E-state index is -4.92. The molecule has 1 N–H and O–H groups in total. The third kappa shape index (κ3) is 8.37. The second-order valence-corrected chi connectivity index (χ2v) is 18.9. The van der Waals surface area contributed by atoms with Gasteiger partial charge in [0.15, 0.2) is 0 Å². The third-order valence-electron chi connectivity index (χ3n) is 8.52. The normalized spacial score (nSPS) is 19.2. The van der Waals surface area contributed by atoms with Crippen molar-refractivity contribution < 1.29 is 35.9 Å². The first kappa shape index (κ1) is 35.4. The quantitative estimate of drug-likeness (QED) is 0.171. The Morgan fingerprint density at radius 3 is 2.31 bits per heavy atom. The van der Waals surface area contributed by atoms with Gasteiger partial charge in [-0.05, 0) is 31.4 Å². The second-order valence-electron chi connectivity index (χ2n) is 13.2. The molecule has 2 aliphatic rings. The van der Waals surface area contributed by atoms with E-state index in [1.54, 1.807) is 32.8 Å². The Balaban J connectivity index is 1.22. The van der Waals surface area contributed by atoms with Crippen LogP contribution in [0.2, 0.25) is 25.7 Å². The van der Waals surface area contributed by atoms with Crippen molar-refractivity contribution in [1.82, 2.24) is 29.2 Å². The summed E-state index contributed by atoms with van der Waals surface area (Å²) in [5, 5.41) is 6.88. The fourth-order valence-electron chi connectivity index (χ4n) is 5.83. The van der Waals surface area contributed by atoms with Crippen molar-refractivity contribution in [2.75, 3.05) is 43.0 Å². The van der Waals surface area contributed by atoms with E-state index >= 15 is 0 Å². The fraction of sp³-hybridized carbons (Fsp3) is 0.567. The van der Waals surface area contributed by atoms with Crippen molar-refractivity contribution in [3.8, 4) is 0 Å². The molecule has 1 saturated carbocycles. The van der Waals surface area contributed by atoms with Crippen molar-refractivity contribution in [2.24, 2.45) is 0 Å². The highest BCUT2D eigenvalue weighted by Gasteiger charge is 2.40. The van der Waals surface area contributed by atoms with Crippen molar-refractivity contribution in [3.63, 3.8) is 0 Å². The molecule has 262 valence electrons. The number of carbonyl (C=O) groups is 1. The molecule has 3 aromatic rings. The highest BCUT2D eigenvalue weighted by molar-refractivity contribution is 6.76. The number of nitrogens with zero attached hydrogens (tertiary/aromatic N) is 7.